The van der Waals surface area contributed by atoms with Crippen molar-refractivity contribution >= 4 is 7.85 Å². The molecule has 0 heterocycles. The van der Waals surface area contributed by atoms with Gasteiger partial charge in [-0.25, -0.2) is 0 Å². The Morgan fingerprint density at radius 2 is 1.57 bits per heavy atom. The van der Waals surface area contributed by atoms with Crippen LogP contribution in [-0.4, -0.2) is 33.9 Å². The van der Waals surface area contributed by atoms with Crippen molar-refractivity contribution in [3.63, 3.8) is 0 Å². The van der Waals surface area contributed by atoms with Crippen LogP contribution in [-0.2, 0) is 0 Å². The van der Waals surface area contributed by atoms with E-state index in [0.717, 1.165) is 6.42 Å². The highest BCUT2D eigenvalue weighted by molar-refractivity contribution is 6.12. The van der Waals surface area contributed by atoms with E-state index in [0.29, 0.717) is 0 Å². The molecule has 1 unspecified atom stereocenters. The summed E-state index contributed by atoms with van der Waals surface area (Å²) in [5, 5.41) is 0. The van der Waals surface area contributed by atoms with Gasteiger partial charge in [0, 0.05) is 0 Å². The van der Waals surface area contributed by atoms with Crippen molar-refractivity contribution < 1.29 is 0 Å². The predicted molar refractivity (Wildman–Crippen MR) is 64.8 cm³/mol. The van der Waals surface area contributed by atoms with Gasteiger partial charge in [0.2, 0.25) is 0 Å². The van der Waals surface area contributed by atoms with Gasteiger partial charge in [-0.1, -0.05) is 55.1 Å². The van der Waals surface area contributed by atoms with E-state index < -0.39 is 0 Å². The lowest BCUT2D eigenvalue weighted by Gasteiger charge is -2.07. The lowest BCUT2D eigenvalue weighted by molar-refractivity contribution is 0.505. The topological polar surface area (TPSA) is 3.24 Å². The van der Waals surface area contributed by atoms with Gasteiger partial charge in [-0.3, -0.25) is 0 Å². The summed E-state index contributed by atoms with van der Waals surface area (Å²) in [4.78, 5) is 2.00. The predicted octanol–water partition coefficient (Wildman–Crippen LogP) is 2.48. The Kier molecular flexibility index (Phi) is 7.22. The second-order valence-electron chi connectivity index (χ2n) is 3.77. The van der Waals surface area contributed by atoms with E-state index in [1.54, 1.807) is 0 Å². The minimum absolute atomic E-state index is 0.209. The maximum Gasteiger partial charge on any atom is 0.0763 e. The molecular formula is C12H20BN. The van der Waals surface area contributed by atoms with Gasteiger partial charge in [0.15, 0.2) is 0 Å². The van der Waals surface area contributed by atoms with E-state index in [1.165, 1.54) is 5.56 Å². The quantitative estimate of drug-likeness (QED) is 0.646. The molecule has 2 radical (unpaired) electrons. The fourth-order valence-corrected chi connectivity index (χ4v) is 0.936. The Hall–Kier alpha value is -0.755. The van der Waals surface area contributed by atoms with Crippen LogP contribution in [0, 0.1) is 0 Å². The summed E-state index contributed by atoms with van der Waals surface area (Å²) in [5.74, 6) is 0.209. The molecule has 0 N–H and O–H groups in total. The van der Waals surface area contributed by atoms with E-state index in [-0.39, 0.29) is 5.82 Å². The molecule has 0 aliphatic carbocycles. The molecular weight excluding hydrogens is 169 g/mol. The fourth-order valence-electron chi connectivity index (χ4n) is 0.936. The van der Waals surface area contributed by atoms with E-state index in [9.17, 15) is 0 Å². The monoisotopic (exact) mass is 189 g/mol. The van der Waals surface area contributed by atoms with Gasteiger partial charge in [0.1, 0.15) is 0 Å². The van der Waals surface area contributed by atoms with Crippen LogP contribution in [0.2, 0.25) is 0 Å². The summed E-state index contributed by atoms with van der Waals surface area (Å²) in [6.45, 7) is 2.09. The minimum Gasteiger partial charge on any atom is -0.312 e. The molecule has 1 aromatic carbocycles. The summed E-state index contributed by atoms with van der Waals surface area (Å²) in [5.41, 5.74) is 1.23. The Labute approximate surface area is 89.5 Å². The summed E-state index contributed by atoms with van der Waals surface area (Å²) in [6, 6.07) is 10.2. The highest BCUT2D eigenvalue weighted by Crippen LogP contribution is 2.13. The first-order valence-corrected chi connectivity index (χ1v) is 4.99. The van der Waals surface area contributed by atoms with Crippen LogP contribution in [0.4, 0.5) is 0 Å². The van der Waals surface area contributed by atoms with Gasteiger partial charge < -0.3 is 4.90 Å². The Morgan fingerprint density at radius 1 is 1.14 bits per heavy atom. The maximum atomic E-state index is 5.79. The van der Waals surface area contributed by atoms with E-state index in [4.69, 9.17) is 7.85 Å². The Morgan fingerprint density at radius 3 is 1.93 bits per heavy atom. The number of hydrogen-bond donors (Lipinski definition) is 0. The van der Waals surface area contributed by atoms with Gasteiger partial charge >= 0.3 is 0 Å². The number of benzene rings is 1. The molecule has 1 nitrogen and oxygen atoms in total. The molecule has 0 saturated heterocycles. The molecule has 1 atom stereocenters. The van der Waals surface area contributed by atoms with Crippen LogP contribution in [0.3, 0.4) is 0 Å². The van der Waals surface area contributed by atoms with E-state index in [2.05, 4.69) is 19.1 Å². The molecule has 2 heteroatoms. The molecule has 0 amide bonds. The van der Waals surface area contributed by atoms with Crippen molar-refractivity contribution in [3.8, 4) is 0 Å². The van der Waals surface area contributed by atoms with Gasteiger partial charge in [0.25, 0.3) is 0 Å². The van der Waals surface area contributed by atoms with Crippen LogP contribution in [0.25, 0.3) is 0 Å². The third kappa shape index (κ3) is 6.73. The van der Waals surface area contributed by atoms with Crippen molar-refractivity contribution in [2.75, 3.05) is 21.1 Å². The number of nitrogens with zero attached hydrogens (tertiary/aromatic N) is 1. The first kappa shape index (κ1) is 13.2. The Balaban J connectivity index is 0.000000364. The largest absolute Gasteiger partial charge is 0.312 e. The zero-order chi connectivity index (χ0) is 11.0. The van der Waals surface area contributed by atoms with Crippen LogP contribution >= 0.6 is 0 Å². The zero-order valence-corrected chi connectivity index (χ0v) is 9.70. The van der Waals surface area contributed by atoms with Gasteiger partial charge in [-0.15, -0.1) is 0 Å². The van der Waals surface area contributed by atoms with Gasteiger partial charge in [0.05, 0.1) is 7.85 Å². The average Bonchev–Trinajstić information content (AvgIpc) is 2.17. The molecule has 0 aromatic heterocycles. The van der Waals surface area contributed by atoms with Crippen LogP contribution in [0.15, 0.2) is 30.3 Å². The van der Waals surface area contributed by atoms with Crippen molar-refractivity contribution in [2.24, 2.45) is 0 Å². The first-order valence-electron chi connectivity index (χ1n) is 4.99. The van der Waals surface area contributed by atoms with Gasteiger partial charge in [-0.2, -0.15) is 0 Å². The molecule has 1 rings (SSSR count). The molecule has 76 valence electrons. The van der Waals surface area contributed by atoms with Crippen LogP contribution in [0.1, 0.15) is 24.7 Å². The summed E-state index contributed by atoms with van der Waals surface area (Å²) in [7, 11) is 11.8. The zero-order valence-electron chi connectivity index (χ0n) is 9.70. The van der Waals surface area contributed by atoms with Crippen molar-refractivity contribution in [1.82, 2.24) is 4.90 Å². The standard InChI is InChI=1S/C9H11B.C3H9N/c1-2-9(10)8-6-4-3-5-7-8;1-4(2)3/h3-7,9H,2H2,1H3;1-3H3. The Bertz CT molecular complexity index is 218. The molecule has 0 aliphatic rings. The minimum atomic E-state index is 0.209. The molecule has 0 bridgehead atoms. The van der Waals surface area contributed by atoms with E-state index >= 15 is 0 Å². The molecule has 0 saturated carbocycles. The first-order chi connectivity index (χ1) is 6.57. The summed E-state index contributed by atoms with van der Waals surface area (Å²) in [6.07, 6.45) is 1.00. The smallest absolute Gasteiger partial charge is 0.0763 e. The normalized spacial score (nSPS) is 11.8. The molecule has 1 aromatic rings. The lowest BCUT2D eigenvalue weighted by atomic mass is 9.79. The molecule has 14 heavy (non-hydrogen) atoms. The summed E-state index contributed by atoms with van der Waals surface area (Å²) < 4.78 is 0. The highest BCUT2D eigenvalue weighted by atomic mass is 15.0. The lowest BCUT2D eigenvalue weighted by Crippen LogP contribution is -1.99. The van der Waals surface area contributed by atoms with E-state index in [1.807, 2.05) is 44.2 Å². The average molecular weight is 189 g/mol. The second kappa shape index (κ2) is 7.63. The maximum absolute atomic E-state index is 5.79. The molecule has 0 aliphatic heterocycles. The van der Waals surface area contributed by atoms with Crippen molar-refractivity contribution in [1.29, 1.82) is 0 Å². The molecule has 0 spiro atoms. The fraction of sp³-hybridized carbons (Fsp3) is 0.500. The number of hydrogen-bond acceptors (Lipinski definition) is 1. The van der Waals surface area contributed by atoms with Crippen LogP contribution in [0.5, 0.6) is 0 Å². The van der Waals surface area contributed by atoms with Crippen LogP contribution < -0.4 is 0 Å². The third-order valence-corrected chi connectivity index (χ3v) is 1.67. The SMILES string of the molecule is CN(C)C.[B]C(CC)c1ccccc1. The number of rotatable bonds is 2. The van der Waals surface area contributed by atoms with Gasteiger partial charge in [-0.05, 0) is 21.1 Å². The van der Waals surface area contributed by atoms with Crippen molar-refractivity contribution in [3.05, 3.63) is 35.9 Å². The summed E-state index contributed by atoms with van der Waals surface area (Å²) >= 11 is 0. The van der Waals surface area contributed by atoms with Crippen molar-refractivity contribution in [2.45, 2.75) is 19.2 Å². The highest BCUT2D eigenvalue weighted by Gasteiger charge is 1.98. The molecule has 0 fully saturated rings. The second-order valence-corrected chi connectivity index (χ2v) is 3.77. The third-order valence-electron chi connectivity index (χ3n) is 1.67.